The van der Waals surface area contributed by atoms with Crippen molar-refractivity contribution in [2.75, 3.05) is 0 Å². The highest BCUT2D eigenvalue weighted by atomic mass is 16.5. The molecule has 0 aliphatic rings. The van der Waals surface area contributed by atoms with Gasteiger partial charge in [-0.3, -0.25) is 0 Å². The van der Waals surface area contributed by atoms with E-state index in [0.29, 0.717) is 11.3 Å². The fourth-order valence-electron chi connectivity index (χ4n) is 0.744. The highest BCUT2D eigenvalue weighted by molar-refractivity contribution is 6.19. The molecule has 0 aliphatic heterocycles. The quantitative estimate of drug-likeness (QED) is 0.293. The van der Waals surface area contributed by atoms with E-state index in [1.807, 2.05) is 6.07 Å². The zero-order valence-corrected chi connectivity index (χ0v) is 7.36. The molecule has 0 atom stereocenters. The first kappa shape index (κ1) is 9.58. The predicted octanol–water partition coefficient (Wildman–Crippen LogP) is 1.66. The molecule has 2 nitrogen and oxygen atoms in total. The Morgan fingerprint density at radius 2 is 2.00 bits per heavy atom. The van der Waals surface area contributed by atoms with E-state index in [2.05, 4.69) is 0 Å². The average Bonchev–Trinajstić information content (AvgIpc) is 2.18. The van der Waals surface area contributed by atoms with Crippen molar-refractivity contribution in [1.82, 2.24) is 0 Å². The van der Waals surface area contributed by atoms with Gasteiger partial charge in [-0.15, -0.1) is 5.98 Å². The smallest absolute Gasteiger partial charge is 0.337 e. The Balaban J connectivity index is 2.66. The van der Waals surface area contributed by atoms with Crippen LogP contribution < -0.4 is 4.74 Å². The lowest BCUT2D eigenvalue weighted by Gasteiger charge is -2.02. The van der Waals surface area contributed by atoms with Crippen LogP contribution in [0.3, 0.4) is 0 Å². The number of carbonyl (C=O) groups is 1. The predicted molar refractivity (Wildman–Crippen MR) is 51.6 cm³/mol. The third-order valence-corrected chi connectivity index (χ3v) is 1.53. The van der Waals surface area contributed by atoms with Crippen molar-refractivity contribution < 1.29 is 9.53 Å². The molecule has 0 fully saturated rings. The van der Waals surface area contributed by atoms with Crippen molar-refractivity contribution in [1.29, 1.82) is 0 Å². The Bertz CT molecular complexity index is 317. The number of hydrogen-bond acceptors (Lipinski definition) is 2. The van der Waals surface area contributed by atoms with Gasteiger partial charge in [-0.25, -0.2) is 4.79 Å². The highest BCUT2D eigenvalue weighted by Gasteiger charge is 2.04. The van der Waals surface area contributed by atoms with Crippen molar-refractivity contribution in [2.45, 2.75) is 6.92 Å². The normalized spacial score (nSPS) is 11.0. The minimum Gasteiger partial charge on any atom is -0.423 e. The Kier molecular flexibility index (Phi) is 3.32. The van der Waals surface area contributed by atoms with Gasteiger partial charge in [-0.1, -0.05) is 18.2 Å². The van der Waals surface area contributed by atoms with Crippen LogP contribution in [0.2, 0.25) is 0 Å². The van der Waals surface area contributed by atoms with Gasteiger partial charge in [0, 0.05) is 5.57 Å². The van der Waals surface area contributed by atoms with E-state index < -0.39 is 5.97 Å². The van der Waals surface area contributed by atoms with E-state index in [-0.39, 0.29) is 0 Å². The first-order valence-corrected chi connectivity index (χ1v) is 3.90. The second kappa shape index (κ2) is 4.50. The first-order valence-electron chi connectivity index (χ1n) is 3.90. The summed E-state index contributed by atoms with van der Waals surface area (Å²) in [6, 6.07) is 8.86. The summed E-state index contributed by atoms with van der Waals surface area (Å²) in [6.07, 6.45) is 0. The molecule has 0 N–H and O–H groups in total. The molecule has 0 spiro atoms. The molecule has 64 valence electrons. The minimum absolute atomic E-state index is 0.392. The molecule has 1 rings (SSSR count). The maximum absolute atomic E-state index is 11.2. The van der Waals surface area contributed by atoms with E-state index in [9.17, 15) is 4.79 Å². The standard InChI is InChI=1S/C10H9BO2/c1-8(7-11)10(12)13-9-5-3-2-4-6-9/h2-7H,1H3. The van der Waals surface area contributed by atoms with Crippen LogP contribution in [0.1, 0.15) is 6.92 Å². The summed E-state index contributed by atoms with van der Waals surface area (Å²) in [5.74, 6) is 1.33. The Morgan fingerprint density at radius 1 is 1.38 bits per heavy atom. The topological polar surface area (TPSA) is 26.3 Å². The molecular formula is C10H9BO2. The molecule has 1 aromatic rings. The lowest BCUT2D eigenvalue weighted by molar-refractivity contribution is -0.130. The van der Waals surface area contributed by atoms with Crippen molar-refractivity contribution in [2.24, 2.45) is 0 Å². The van der Waals surface area contributed by atoms with Crippen LogP contribution in [-0.2, 0) is 4.79 Å². The van der Waals surface area contributed by atoms with Crippen LogP contribution in [-0.4, -0.2) is 13.8 Å². The summed E-state index contributed by atoms with van der Waals surface area (Å²) in [4.78, 5) is 11.2. The molecule has 0 aromatic heterocycles. The van der Waals surface area contributed by atoms with E-state index in [4.69, 9.17) is 12.6 Å². The van der Waals surface area contributed by atoms with Gasteiger partial charge in [0.15, 0.2) is 0 Å². The largest absolute Gasteiger partial charge is 0.423 e. The molecular weight excluding hydrogens is 163 g/mol. The van der Waals surface area contributed by atoms with Crippen LogP contribution in [0.4, 0.5) is 0 Å². The van der Waals surface area contributed by atoms with E-state index >= 15 is 0 Å². The van der Waals surface area contributed by atoms with Gasteiger partial charge >= 0.3 is 5.97 Å². The van der Waals surface area contributed by atoms with Crippen molar-refractivity contribution in [3.05, 3.63) is 41.9 Å². The molecule has 0 aliphatic carbocycles. The van der Waals surface area contributed by atoms with E-state index in [1.165, 1.54) is 5.98 Å². The third kappa shape index (κ3) is 2.78. The summed E-state index contributed by atoms with van der Waals surface area (Å²) in [7, 11) is 5.16. The summed E-state index contributed by atoms with van der Waals surface area (Å²) >= 11 is 0. The number of ether oxygens (including phenoxy) is 1. The second-order valence-electron chi connectivity index (χ2n) is 2.55. The molecule has 0 heterocycles. The number of esters is 1. The SMILES string of the molecule is [B]C=C(C)C(=O)Oc1ccccc1. The molecule has 2 radical (unpaired) electrons. The highest BCUT2D eigenvalue weighted by Crippen LogP contribution is 2.10. The fraction of sp³-hybridized carbons (Fsp3) is 0.100. The van der Waals surface area contributed by atoms with Crippen LogP contribution >= 0.6 is 0 Å². The first-order chi connectivity index (χ1) is 6.24. The maximum Gasteiger partial charge on any atom is 0.337 e. The molecule has 13 heavy (non-hydrogen) atoms. The molecule has 0 saturated heterocycles. The van der Waals surface area contributed by atoms with Gasteiger partial charge in [0.1, 0.15) is 13.6 Å². The van der Waals surface area contributed by atoms with Crippen molar-refractivity contribution in [3.63, 3.8) is 0 Å². The Morgan fingerprint density at radius 3 is 2.54 bits per heavy atom. The number of para-hydroxylation sites is 1. The number of carbonyl (C=O) groups excluding carboxylic acids is 1. The lowest BCUT2D eigenvalue weighted by Crippen LogP contribution is -2.08. The number of rotatable bonds is 2. The Labute approximate surface area is 78.6 Å². The van der Waals surface area contributed by atoms with Crippen molar-refractivity contribution >= 4 is 13.8 Å². The van der Waals surface area contributed by atoms with E-state index in [0.717, 1.165) is 0 Å². The van der Waals surface area contributed by atoms with Gasteiger partial charge in [0.05, 0.1) is 0 Å². The van der Waals surface area contributed by atoms with Gasteiger partial charge in [0.25, 0.3) is 0 Å². The monoisotopic (exact) mass is 172 g/mol. The molecule has 0 amide bonds. The van der Waals surface area contributed by atoms with Crippen LogP contribution in [0, 0.1) is 0 Å². The average molecular weight is 172 g/mol. The molecule has 1 aromatic carbocycles. The number of benzene rings is 1. The third-order valence-electron chi connectivity index (χ3n) is 1.53. The van der Waals surface area contributed by atoms with Gasteiger partial charge in [-0.2, -0.15) is 0 Å². The molecule has 0 saturated carbocycles. The van der Waals surface area contributed by atoms with Crippen LogP contribution in [0.25, 0.3) is 0 Å². The fourth-order valence-corrected chi connectivity index (χ4v) is 0.744. The summed E-state index contributed by atoms with van der Waals surface area (Å²) in [6.45, 7) is 1.60. The van der Waals surface area contributed by atoms with Gasteiger partial charge in [0.2, 0.25) is 0 Å². The second-order valence-corrected chi connectivity index (χ2v) is 2.55. The molecule has 3 heteroatoms. The van der Waals surface area contributed by atoms with Crippen LogP contribution in [0.15, 0.2) is 41.9 Å². The van der Waals surface area contributed by atoms with Crippen molar-refractivity contribution in [3.8, 4) is 5.75 Å². The molecule has 0 unspecified atom stereocenters. The van der Waals surface area contributed by atoms with Crippen LogP contribution in [0.5, 0.6) is 5.75 Å². The zero-order valence-electron chi connectivity index (χ0n) is 7.36. The van der Waals surface area contributed by atoms with Gasteiger partial charge in [-0.05, 0) is 19.1 Å². The lowest BCUT2D eigenvalue weighted by atomic mass is 10.1. The number of hydrogen-bond donors (Lipinski definition) is 0. The van der Waals surface area contributed by atoms with Gasteiger partial charge < -0.3 is 4.74 Å². The molecule has 0 bridgehead atoms. The summed E-state index contributed by atoms with van der Waals surface area (Å²) in [5.41, 5.74) is 0.392. The maximum atomic E-state index is 11.2. The van der Waals surface area contributed by atoms with E-state index in [1.54, 1.807) is 31.2 Å². The summed E-state index contributed by atoms with van der Waals surface area (Å²) < 4.78 is 4.98. The minimum atomic E-state index is -0.422. The zero-order chi connectivity index (χ0) is 9.68. The Hall–Kier alpha value is -1.51. The summed E-state index contributed by atoms with van der Waals surface area (Å²) in [5, 5.41) is 0.